The van der Waals surface area contributed by atoms with E-state index in [9.17, 15) is 0 Å². The third-order valence-electron chi connectivity index (χ3n) is 5.94. The molecule has 0 saturated carbocycles. The normalized spacial score (nSPS) is 16.2. The van der Waals surface area contributed by atoms with E-state index in [1.54, 1.807) is 0 Å². The van der Waals surface area contributed by atoms with Crippen molar-refractivity contribution in [3.63, 3.8) is 0 Å². The van der Waals surface area contributed by atoms with E-state index in [1.807, 2.05) is 18.8 Å². The second-order valence-electron chi connectivity index (χ2n) is 9.02. The van der Waals surface area contributed by atoms with Gasteiger partial charge in [-0.1, -0.05) is 38.1 Å². The van der Waals surface area contributed by atoms with Crippen molar-refractivity contribution >= 4 is 5.96 Å². The largest absolute Gasteiger partial charge is 0.352 e. The van der Waals surface area contributed by atoms with E-state index in [2.05, 4.69) is 88.5 Å². The minimum Gasteiger partial charge on any atom is -0.352 e. The van der Waals surface area contributed by atoms with Crippen LogP contribution in [0.5, 0.6) is 0 Å². The second-order valence-corrected chi connectivity index (χ2v) is 9.02. The molecule has 1 N–H and O–H groups in total. The zero-order valence-corrected chi connectivity index (χ0v) is 20.1. The lowest BCUT2D eigenvalue weighted by molar-refractivity contribution is 0.148. The third-order valence-corrected chi connectivity index (χ3v) is 5.94. The molecular weight excluding hydrogens is 386 g/mol. The summed E-state index contributed by atoms with van der Waals surface area (Å²) in [6.45, 7) is 11.6. The number of hydrogen-bond donors (Lipinski definition) is 1. The van der Waals surface area contributed by atoms with Crippen LogP contribution < -0.4 is 5.32 Å². The van der Waals surface area contributed by atoms with E-state index in [1.165, 1.54) is 16.7 Å². The van der Waals surface area contributed by atoms with Crippen LogP contribution in [-0.4, -0.2) is 77.8 Å². The van der Waals surface area contributed by atoms with Crippen LogP contribution in [0.1, 0.15) is 42.1 Å². The number of aliphatic imine (C=N–C) groups is 1. The summed E-state index contributed by atoms with van der Waals surface area (Å²) in [6.07, 6.45) is 2.11. The molecule has 2 aromatic rings. The Morgan fingerprint density at radius 3 is 2.35 bits per heavy atom. The average molecular weight is 426 g/mol. The number of aromatic nitrogens is 2. The van der Waals surface area contributed by atoms with Crippen molar-refractivity contribution < 1.29 is 0 Å². The molecule has 2 heterocycles. The van der Waals surface area contributed by atoms with Crippen LogP contribution in [0.25, 0.3) is 0 Å². The molecule has 0 bridgehead atoms. The summed E-state index contributed by atoms with van der Waals surface area (Å²) < 4.78 is 1.90. The van der Waals surface area contributed by atoms with Crippen LogP contribution in [0.3, 0.4) is 0 Å². The quantitative estimate of drug-likeness (QED) is 0.546. The summed E-state index contributed by atoms with van der Waals surface area (Å²) in [7, 11) is 8.09. The molecule has 1 saturated heterocycles. The first-order valence-electron chi connectivity index (χ1n) is 11.3. The molecule has 7 heteroatoms. The molecule has 1 aliphatic heterocycles. The lowest BCUT2D eigenvalue weighted by Gasteiger charge is -2.32. The van der Waals surface area contributed by atoms with Gasteiger partial charge in [0.1, 0.15) is 0 Å². The van der Waals surface area contributed by atoms with Gasteiger partial charge >= 0.3 is 0 Å². The van der Waals surface area contributed by atoms with Gasteiger partial charge in [0, 0.05) is 78.7 Å². The summed E-state index contributed by atoms with van der Waals surface area (Å²) in [6, 6.07) is 8.96. The summed E-state index contributed by atoms with van der Waals surface area (Å²) >= 11 is 0. The lowest BCUT2D eigenvalue weighted by atomic mass is 10.1. The molecule has 1 aliphatic rings. The number of nitrogens with zero attached hydrogens (tertiary/aromatic N) is 6. The zero-order chi connectivity index (χ0) is 22.4. The predicted octanol–water partition coefficient (Wildman–Crippen LogP) is 2.50. The molecule has 0 atom stereocenters. The monoisotopic (exact) mass is 425 g/mol. The lowest BCUT2D eigenvalue weighted by Crippen LogP contribution is -2.43. The van der Waals surface area contributed by atoms with E-state index < -0.39 is 0 Å². The van der Waals surface area contributed by atoms with Crippen LogP contribution in [0, 0.1) is 0 Å². The SMILES string of the molecule is CN=C(NCc1ccc(CN2CCN(C)CC2)cc1)N(C)Cc1cn(C)nc1C(C)C. The fourth-order valence-corrected chi connectivity index (χ4v) is 4.09. The van der Waals surface area contributed by atoms with Crippen LogP contribution >= 0.6 is 0 Å². The van der Waals surface area contributed by atoms with E-state index >= 15 is 0 Å². The highest BCUT2D eigenvalue weighted by molar-refractivity contribution is 5.79. The molecule has 31 heavy (non-hydrogen) atoms. The molecule has 0 spiro atoms. The van der Waals surface area contributed by atoms with Crippen molar-refractivity contribution in [1.82, 2.24) is 29.8 Å². The Morgan fingerprint density at radius 2 is 1.74 bits per heavy atom. The van der Waals surface area contributed by atoms with Crippen molar-refractivity contribution in [3.8, 4) is 0 Å². The van der Waals surface area contributed by atoms with Crippen molar-refractivity contribution in [2.45, 2.75) is 39.4 Å². The Kier molecular flexibility index (Phi) is 8.09. The molecule has 170 valence electrons. The van der Waals surface area contributed by atoms with Gasteiger partial charge in [0.25, 0.3) is 0 Å². The number of hydrogen-bond acceptors (Lipinski definition) is 4. The number of piperazine rings is 1. The van der Waals surface area contributed by atoms with Crippen molar-refractivity contribution in [2.75, 3.05) is 47.3 Å². The van der Waals surface area contributed by atoms with Gasteiger partial charge in [0.2, 0.25) is 0 Å². The van der Waals surface area contributed by atoms with Crippen LogP contribution in [0.2, 0.25) is 0 Å². The molecule has 0 aliphatic carbocycles. The van der Waals surface area contributed by atoms with Gasteiger partial charge < -0.3 is 15.1 Å². The van der Waals surface area contributed by atoms with E-state index in [-0.39, 0.29) is 0 Å². The minimum absolute atomic E-state index is 0.406. The molecular formula is C24H39N7. The number of aryl methyl sites for hydroxylation is 1. The first kappa shape index (κ1) is 23.3. The molecule has 1 aromatic heterocycles. The van der Waals surface area contributed by atoms with Gasteiger partial charge in [-0.15, -0.1) is 0 Å². The smallest absolute Gasteiger partial charge is 0.193 e. The molecule has 0 unspecified atom stereocenters. The Labute approximate surface area is 187 Å². The molecule has 0 amide bonds. The minimum atomic E-state index is 0.406. The maximum Gasteiger partial charge on any atom is 0.193 e. The van der Waals surface area contributed by atoms with Gasteiger partial charge in [-0.2, -0.15) is 5.10 Å². The number of likely N-dealkylation sites (N-methyl/N-ethyl adjacent to an activating group) is 1. The fourth-order valence-electron chi connectivity index (χ4n) is 4.09. The standard InChI is InChI=1S/C24H39N7/c1-19(2)23-22(18-30(6)27-23)17-29(5)24(25-3)26-15-20-7-9-21(10-8-20)16-31-13-11-28(4)12-14-31/h7-10,18-19H,11-17H2,1-6H3,(H,25,26). The number of nitrogens with one attached hydrogen (secondary N) is 1. The first-order valence-corrected chi connectivity index (χ1v) is 11.3. The molecule has 7 nitrogen and oxygen atoms in total. The summed E-state index contributed by atoms with van der Waals surface area (Å²) in [5.74, 6) is 1.30. The average Bonchev–Trinajstić information content (AvgIpc) is 3.11. The van der Waals surface area contributed by atoms with Gasteiger partial charge in [-0.25, -0.2) is 0 Å². The van der Waals surface area contributed by atoms with E-state index in [0.29, 0.717) is 5.92 Å². The zero-order valence-electron chi connectivity index (χ0n) is 20.1. The van der Waals surface area contributed by atoms with Gasteiger partial charge in [-0.3, -0.25) is 14.6 Å². The summed E-state index contributed by atoms with van der Waals surface area (Å²) in [5.41, 5.74) is 5.05. The Bertz CT molecular complexity index is 845. The molecule has 0 radical (unpaired) electrons. The van der Waals surface area contributed by atoms with E-state index in [4.69, 9.17) is 0 Å². The van der Waals surface area contributed by atoms with Crippen molar-refractivity contribution in [2.24, 2.45) is 12.0 Å². The molecule has 1 fully saturated rings. The highest BCUT2D eigenvalue weighted by Crippen LogP contribution is 2.18. The molecule has 1 aromatic carbocycles. The second kappa shape index (κ2) is 10.8. The van der Waals surface area contributed by atoms with E-state index in [0.717, 1.165) is 57.5 Å². The summed E-state index contributed by atoms with van der Waals surface area (Å²) in [5, 5.41) is 8.12. The van der Waals surface area contributed by atoms with Gasteiger partial charge in [0.05, 0.1) is 5.69 Å². The van der Waals surface area contributed by atoms with Gasteiger partial charge in [-0.05, 0) is 24.1 Å². The Morgan fingerprint density at radius 1 is 1.10 bits per heavy atom. The Hall–Kier alpha value is -2.38. The van der Waals surface area contributed by atoms with Gasteiger partial charge in [0.15, 0.2) is 5.96 Å². The predicted molar refractivity (Wildman–Crippen MR) is 128 cm³/mol. The third kappa shape index (κ3) is 6.55. The maximum absolute atomic E-state index is 4.62. The number of benzene rings is 1. The van der Waals surface area contributed by atoms with Crippen molar-refractivity contribution in [1.29, 1.82) is 0 Å². The number of rotatable bonds is 7. The fraction of sp³-hybridized carbons (Fsp3) is 0.583. The highest BCUT2D eigenvalue weighted by Gasteiger charge is 2.16. The highest BCUT2D eigenvalue weighted by atomic mass is 15.3. The van der Waals surface area contributed by atoms with Crippen molar-refractivity contribution in [3.05, 3.63) is 52.8 Å². The summed E-state index contributed by atoms with van der Waals surface area (Å²) in [4.78, 5) is 11.6. The van der Waals surface area contributed by atoms with Crippen LogP contribution in [0.4, 0.5) is 0 Å². The maximum atomic E-state index is 4.62. The topological polar surface area (TPSA) is 51.9 Å². The van der Waals surface area contributed by atoms with Crippen LogP contribution in [0.15, 0.2) is 35.5 Å². The van der Waals surface area contributed by atoms with Crippen LogP contribution in [-0.2, 0) is 26.7 Å². The molecule has 3 rings (SSSR count). The first-order chi connectivity index (χ1) is 14.9. The number of guanidine groups is 1. The Balaban J connectivity index is 1.52.